The Bertz CT molecular complexity index is 1100. The molecule has 2 heterocycles. The molecule has 4 rings (SSSR count). The fourth-order valence-electron chi connectivity index (χ4n) is 4.01. The summed E-state index contributed by atoms with van der Waals surface area (Å²) in [6.45, 7) is 3.23. The molecule has 7 nitrogen and oxygen atoms in total. The second-order valence-electron chi connectivity index (χ2n) is 7.58. The molecule has 0 saturated carbocycles. The summed E-state index contributed by atoms with van der Waals surface area (Å²) >= 11 is 0. The van der Waals surface area contributed by atoms with Crippen LogP contribution in [0.25, 0.3) is 0 Å². The highest BCUT2D eigenvalue weighted by molar-refractivity contribution is 7.89. The molecule has 1 N–H and O–H groups in total. The third kappa shape index (κ3) is 3.97. The number of rotatable bonds is 6. The highest BCUT2D eigenvalue weighted by atomic mass is 32.2. The molecule has 0 aliphatic carbocycles. The Hall–Kier alpha value is -2.71. The van der Waals surface area contributed by atoms with E-state index >= 15 is 0 Å². The number of amides is 2. The van der Waals surface area contributed by atoms with Gasteiger partial charge in [0.25, 0.3) is 0 Å². The fourth-order valence-corrected chi connectivity index (χ4v) is 5.08. The van der Waals surface area contributed by atoms with Crippen LogP contribution in [0.1, 0.15) is 37.3 Å². The van der Waals surface area contributed by atoms with E-state index in [0.29, 0.717) is 32.4 Å². The monoisotopic (exact) mass is 427 g/mol. The maximum absolute atomic E-state index is 12.8. The summed E-state index contributed by atoms with van der Waals surface area (Å²) in [4.78, 5) is 27.6. The van der Waals surface area contributed by atoms with E-state index in [1.165, 1.54) is 0 Å². The lowest BCUT2D eigenvalue weighted by Crippen LogP contribution is -2.27. The number of benzene rings is 2. The van der Waals surface area contributed by atoms with Crippen LogP contribution in [-0.2, 0) is 32.6 Å². The third-order valence-electron chi connectivity index (χ3n) is 5.62. The number of carbonyl (C=O) groups is 2. The molecule has 1 saturated heterocycles. The average molecular weight is 428 g/mol. The van der Waals surface area contributed by atoms with E-state index in [1.54, 1.807) is 28.0 Å². The van der Waals surface area contributed by atoms with Crippen molar-refractivity contribution in [3.05, 3.63) is 53.6 Å². The Balaban J connectivity index is 1.48. The number of fused-ring (bicyclic) bond motifs is 1. The number of nitrogens with one attached hydrogen (secondary N) is 1. The van der Waals surface area contributed by atoms with Crippen LogP contribution in [0.15, 0.2) is 47.4 Å². The molecule has 2 aliphatic rings. The van der Waals surface area contributed by atoms with Crippen molar-refractivity contribution < 1.29 is 18.0 Å². The van der Waals surface area contributed by atoms with E-state index in [1.807, 2.05) is 31.2 Å². The Morgan fingerprint density at radius 3 is 2.67 bits per heavy atom. The van der Waals surface area contributed by atoms with Gasteiger partial charge in [-0.05, 0) is 54.3 Å². The van der Waals surface area contributed by atoms with Crippen molar-refractivity contribution in [3.8, 4) is 0 Å². The molecule has 0 bridgehead atoms. The summed E-state index contributed by atoms with van der Waals surface area (Å²) in [7, 11) is -3.70. The largest absolute Gasteiger partial charge is 0.312 e. The van der Waals surface area contributed by atoms with Gasteiger partial charge in [0.2, 0.25) is 21.8 Å². The van der Waals surface area contributed by atoms with Gasteiger partial charge in [-0.2, -0.15) is 0 Å². The molecule has 8 heteroatoms. The number of sulfonamides is 1. The Morgan fingerprint density at radius 1 is 1.10 bits per heavy atom. The van der Waals surface area contributed by atoms with Crippen LogP contribution in [0.5, 0.6) is 0 Å². The lowest BCUT2D eigenvalue weighted by Gasteiger charge is -2.17. The molecule has 0 aromatic heterocycles. The summed E-state index contributed by atoms with van der Waals surface area (Å²) in [5.74, 6) is 0.139. The Morgan fingerprint density at radius 2 is 1.93 bits per heavy atom. The van der Waals surface area contributed by atoms with E-state index in [2.05, 4.69) is 4.72 Å². The van der Waals surface area contributed by atoms with Gasteiger partial charge in [-0.25, -0.2) is 13.1 Å². The molecule has 0 unspecified atom stereocenters. The second-order valence-corrected chi connectivity index (χ2v) is 9.35. The molecule has 0 spiro atoms. The van der Waals surface area contributed by atoms with Gasteiger partial charge in [0.1, 0.15) is 0 Å². The summed E-state index contributed by atoms with van der Waals surface area (Å²) in [5.41, 5.74) is 3.25. The minimum atomic E-state index is -3.70. The molecular weight excluding hydrogens is 402 g/mol. The van der Waals surface area contributed by atoms with E-state index in [-0.39, 0.29) is 23.3 Å². The van der Waals surface area contributed by atoms with Crippen molar-refractivity contribution in [3.63, 3.8) is 0 Å². The van der Waals surface area contributed by atoms with Crippen molar-refractivity contribution in [1.82, 2.24) is 4.72 Å². The molecule has 2 aromatic carbocycles. The summed E-state index contributed by atoms with van der Waals surface area (Å²) in [6.07, 6.45) is 2.46. The first-order chi connectivity index (χ1) is 14.4. The predicted octanol–water partition coefficient (Wildman–Crippen LogP) is 2.59. The van der Waals surface area contributed by atoms with Crippen molar-refractivity contribution >= 4 is 33.2 Å². The van der Waals surface area contributed by atoms with Gasteiger partial charge in [0.15, 0.2) is 0 Å². The quantitative estimate of drug-likeness (QED) is 0.768. The topological polar surface area (TPSA) is 86.8 Å². The van der Waals surface area contributed by atoms with Crippen LogP contribution in [0.2, 0.25) is 0 Å². The van der Waals surface area contributed by atoms with Gasteiger partial charge in [0.05, 0.1) is 4.90 Å². The van der Waals surface area contributed by atoms with Crippen molar-refractivity contribution in [2.24, 2.45) is 0 Å². The Labute approximate surface area is 176 Å². The first kappa shape index (κ1) is 20.6. The second kappa shape index (κ2) is 8.20. The van der Waals surface area contributed by atoms with Crippen LogP contribution < -0.4 is 14.5 Å². The highest BCUT2D eigenvalue weighted by Gasteiger charge is 2.26. The predicted molar refractivity (Wildman–Crippen MR) is 115 cm³/mol. The zero-order chi connectivity index (χ0) is 21.3. The van der Waals surface area contributed by atoms with Crippen LogP contribution in [-0.4, -0.2) is 33.3 Å². The summed E-state index contributed by atoms with van der Waals surface area (Å²) < 4.78 is 28.3. The average Bonchev–Trinajstić information content (AvgIpc) is 3.37. The van der Waals surface area contributed by atoms with Crippen molar-refractivity contribution in [1.29, 1.82) is 0 Å². The van der Waals surface area contributed by atoms with Crippen LogP contribution in [0.4, 0.5) is 11.4 Å². The Kier molecular flexibility index (Phi) is 5.62. The van der Waals surface area contributed by atoms with Crippen LogP contribution in [0, 0.1) is 0 Å². The van der Waals surface area contributed by atoms with E-state index in [9.17, 15) is 18.0 Å². The number of anilines is 2. The third-order valence-corrected chi connectivity index (χ3v) is 7.02. The molecule has 30 heavy (non-hydrogen) atoms. The van der Waals surface area contributed by atoms with Crippen LogP contribution >= 0.6 is 0 Å². The first-order valence-electron chi connectivity index (χ1n) is 10.2. The molecular formula is C22H25N3O4S. The lowest BCUT2D eigenvalue weighted by atomic mass is 10.2. The van der Waals surface area contributed by atoms with E-state index in [4.69, 9.17) is 0 Å². The lowest BCUT2D eigenvalue weighted by molar-refractivity contribution is -0.118. The minimum absolute atomic E-state index is 0.0406. The summed E-state index contributed by atoms with van der Waals surface area (Å²) in [5, 5.41) is 0. The summed E-state index contributed by atoms with van der Waals surface area (Å²) in [6, 6.07) is 12.3. The zero-order valence-corrected chi connectivity index (χ0v) is 17.7. The zero-order valence-electron chi connectivity index (χ0n) is 16.9. The normalized spacial score (nSPS) is 16.2. The van der Waals surface area contributed by atoms with Gasteiger partial charge in [-0.3, -0.25) is 9.59 Å². The minimum Gasteiger partial charge on any atom is -0.312 e. The van der Waals surface area contributed by atoms with E-state index < -0.39 is 10.0 Å². The number of carbonyl (C=O) groups excluding carboxylic acids is 2. The smallest absolute Gasteiger partial charge is 0.240 e. The molecule has 1 fully saturated rings. The van der Waals surface area contributed by atoms with Gasteiger partial charge >= 0.3 is 0 Å². The molecule has 158 valence electrons. The first-order valence-corrected chi connectivity index (χ1v) is 11.7. The number of nitrogens with zero attached hydrogens (tertiary/aromatic N) is 2. The van der Waals surface area contributed by atoms with Crippen LogP contribution in [0.3, 0.4) is 0 Å². The number of hydrogen-bond donors (Lipinski definition) is 1. The van der Waals surface area contributed by atoms with Crippen molar-refractivity contribution in [2.45, 2.75) is 44.0 Å². The van der Waals surface area contributed by atoms with Crippen molar-refractivity contribution in [2.75, 3.05) is 22.9 Å². The van der Waals surface area contributed by atoms with Gasteiger partial charge in [0, 0.05) is 43.9 Å². The maximum Gasteiger partial charge on any atom is 0.240 e. The van der Waals surface area contributed by atoms with Gasteiger partial charge < -0.3 is 9.80 Å². The fraction of sp³-hybridized carbons (Fsp3) is 0.364. The van der Waals surface area contributed by atoms with Gasteiger partial charge in [-0.1, -0.05) is 19.1 Å². The maximum atomic E-state index is 12.8. The molecule has 2 aromatic rings. The number of hydrogen-bond acceptors (Lipinski definition) is 4. The molecule has 0 radical (unpaired) electrons. The van der Waals surface area contributed by atoms with Gasteiger partial charge in [-0.15, -0.1) is 0 Å². The highest BCUT2D eigenvalue weighted by Crippen LogP contribution is 2.30. The standard InChI is InChI=1S/C22H25N3O4S/c1-2-21(26)25-12-10-17-14-19(8-9-20(17)25)30(28,29)23-15-16-5-3-6-18(13-16)24-11-4-7-22(24)27/h3,5-6,8-9,13-14,23H,2,4,7,10-12,15H2,1H3. The van der Waals surface area contributed by atoms with E-state index in [0.717, 1.165) is 28.9 Å². The molecule has 2 aliphatic heterocycles. The SMILES string of the molecule is CCC(=O)N1CCc2cc(S(=O)(=O)NCc3cccc(N4CCCC4=O)c3)ccc21. The molecule has 0 atom stereocenters. The molecule has 2 amide bonds.